The molecule has 0 amide bonds. The fraction of sp³-hybridized carbons (Fsp3) is 0.333. The van der Waals surface area contributed by atoms with Gasteiger partial charge in [-0.2, -0.15) is 0 Å². The molecule has 1 N–H and O–H groups in total. The van der Waals surface area contributed by atoms with E-state index in [-0.39, 0.29) is 34.6 Å². The van der Waals surface area contributed by atoms with Crippen molar-refractivity contribution in [1.29, 1.82) is 0 Å². The molecule has 0 bridgehead atoms. The first-order valence-electron chi connectivity index (χ1n) is 22.9. The van der Waals surface area contributed by atoms with Crippen LogP contribution in [0.2, 0.25) is 5.02 Å². The van der Waals surface area contributed by atoms with Gasteiger partial charge in [0.1, 0.15) is 11.5 Å². The van der Waals surface area contributed by atoms with Crippen molar-refractivity contribution in [1.82, 2.24) is 9.47 Å². The molecule has 2 saturated heterocycles. The number of nitrogens with zero attached hydrogens (tertiary/aromatic N) is 6. The normalized spacial score (nSPS) is 17.0. The lowest BCUT2D eigenvalue weighted by atomic mass is 9.99. The van der Waals surface area contributed by atoms with Gasteiger partial charge in [-0.1, -0.05) is 41.9 Å². The minimum atomic E-state index is -3.75. The fourth-order valence-electron chi connectivity index (χ4n) is 9.36. The standard InChI is InChI=1S/C51H58ClFN7O6PS2/c1-35(2)59-36(3)51(69(6,64)65)49(50(59)37-12-14-39(52)15-13-37)38-30-40(53)32-44(31-38)57-26-24-56(25-27-57)42-16-18-43(19-17-42)58-28-29-66-67(58,63)45-20-21-47(48(33-45)60(61)62)54-41(22-23-55(4)5)34-68-46-10-8-7-9-11-46/h7-21,30-33,35,41,54H,22-29,34H2,1-6H3. The van der Waals surface area contributed by atoms with E-state index in [9.17, 15) is 23.1 Å². The Morgan fingerprint density at radius 1 is 0.870 bits per heavy atom. The highest BCUT2D eigenvalue weighted by atomic mass is 35.5. The number of hydrogen-bond donors (Lipinski definition) is 1. The number of sulfone groups is 1. The molecule has 2 unspecified atom stereocenters. The molecule has 364 valence electrons. The van der Waals surface area contributed by atoms with Crippen LogP contribution in [-0.4, -0.2) is 101 Å². The summed E-state index contributed by atoms with van der Waals surface area (Å²) >= 11 is 7.96. The Morgan fingerprint density at radius 2 is 1.52 bits per heavy atom. The van der Waals surface area contributed by atoms with Gasteiger partial charge in [-0.25, -0.2) is 12.8 Å². The molecule has 0 aliphatic carbocycles. The van der Waals surface area contributed by atoms with E-state index in [1.54, 1.807) is 47.6 Å². The molecule has 6 aromatic rings. The van der Waals surface area contributed by atoms with Crippen LogP contribution in [-0.2, 0) is 18.9 Å². The van der Waals surface area contributed by atoms with Crippen LogP contribution in [0.3, 0.4) is 0 Å². The van der Waals surface area contributed by atoms with Crippen molar-refractivity contribution in [3.05, 3.63) is 142 Å². The second kappa shape index (κ2) is 20.9. The van der Waals surface area contributed by atoms with E-state index in [1.165, 1.54) is 24.5 Å². The number of halogens is 2. The van der Waals surface area contributed by atoms with Gasteiger partial charge in [0.25, 0.3) is 5.69 Å². The largest absolute Gasteiger partial charge is 0.376 e. The Morgan fingerprint density at radius 3 is 2.14 bits per heavy atom. The average molecular weight is 1010 g/mol. The van der Waals surface area contributed by atoms with Crippen LogP contribution < -0.4 is 25.1 Å². The first-order valence-corrected chi connectivity index (χ1v) is 27.8. The summed E-state index contributed by atoms with van der Waals surface area (Å²) in [6, 6.07) is 34.3. The molecule has 2 atom stereocenters. The van der Waals surface area contributed by atoms with Crippen molar-refractivity contribution in [3.8, 4) is 22.4 Å². The number of nitro benzene ring substituents is 1. The van der Waals surface area contributed by atoms with E-state index >= 15 is 4.39 Å². The third-order valence-corrected chi connectivity index (χ3v) is 17.8. The smallest absolute Gasteiger partial charge is 0.326 e. The van der Waals surface area contributed by atoms with Gasteiger partial charge in [0.2, 0.25) is 0 Å². The summed E-state index contributed by atoms with van der Waals surface area (Å²) in [4.78, 5) is 19.8. The Labute approximate surface area is 413 Å². The molecule has 0 radical (unpaired) electrons. The zero-order valence-electron chi connectivity index (χ0n) is 39.6. The number of aromatic nitrogens is 1. The van der Waals surface area contributed by atoms with Gasteiger partial charge in [0.15, 0.2) is 9.84 Å². The molecular weight excluding hydrogens is 956 g/mol. The molecule has 0 saturated carbocycles. The maximum absolute atomic E-state index is 15.8. The summed E-state index contributed by atoms with van der Waals surface area (Å²) in [5.41, 5.74) is 5.43. The van der Waals surface area contributed by atoms with Gasteiger partial charge in [-0.15, -0.1) is 11.8 Å². The molecule has 2 fully saturated rings. The zero-order chi connectivity index (χ0) is 49.2. The highest BCUT2D eigenvalue weighted by Crippen LogP contribution is 2.56. The van der Waals surface area contributed by atoms with E-state index in [0.717, 1.165) is 29.1 Å². The van der Waals surface area contributed by atoms with Crippen LogP contribution in [0.25, 0.3) is 22.4 Å². The summed E-state index contributed by atoms with van der Waals surface area (Å²) in [6.45, 7) is 9.50. The highest BCUT2D eigenvalue weighted by Gasteiger charge is 2.41. The first-order chi connectivity index (χ1) is 32.9. The summed E-state index contributed by atoms with van der Waals surface area (Å²) < 4.78 is 67.3. The van der Waals surface area contributed by atoms with Crippen LogP contribution in [0.4, 0.5) is 32.8 Å². The lowest BCUT2D eigenvalue weighted by molar-refractivity contribution is -0.383. The quantitative estimate of drug-likeness (QED) is 0.0403. The molecule has 13 nitrogen and oxygen atoms in total. The monoisotopic (exact) mass is 1010 g/mol. The number of nitrogens with one attached hydrogen (secondary N) is 1. The maximum Gasteiger partial charge on any atom is 0.326 e. The average Bonchev–Trinajstić information content (AvgIpc) is 3.88. The Hall–Kier alpha value is -5.35. The number of thioether (sulfide) groups is 1. The number of nitro groups is 1. The van der Waals surface area contributed by atoms with Crippen LogP contribution in [0.5, 0.6) is 0 Å². The molecule has 8 rings (SSSR count). The maximum atomic E-state index is 15.8. The van der Waals surface area contributed by atoms with Gasteiger partial charge < -0.3 is 29.1 Å². The van der Waals surface area contributed by atoms with Crippen LogP contribution in [0, 0.1) is 22.9 Å². The second-order valence-corrected chi connectivity index (χ2v) is 23.8. The molecule has 2 aliphatic heterocycles. The Bertz CT molecular complexity index is 2970. The van der Waals surface area contributed by atoms with E-state index < -0.39 is 28.1 Å². The van der Waals surface area contributed by atoms with Crippen LogP contribution in [0.15, 0.2) is 125 Å². The van der Waals surface area contributed by atoms with Crippen molar-refractivity contribution in [2.24, 2.45) is 0 Å². The van der Waals surface area contributed by atoms with E-state index in [1.807, 2.05) is 105 Å². The molecular formula is C51H58ClFN7O6PS2. The molecule has 3 heterocycles. The van der Waals surface area contributed by atoms with Gasteiger partial charge in [0, 0.05) is 94.6 Å². The van der Waals surface area contributed by atoms with Gasteiger partial charge >= 0.3 is 7.52 Å². The minimum Gasteiger partial charge on any atom is -0.376 e. The predicted octanol–water partition coefficient (Wildman–Crippen LogP) is 11.0. The fourth-order valence-corrected chi connectivity index (χ4v) is 13.9. The first kappa shape index (κ1) is 50.1. The molecule has 1 aromatic heterocycles. The Kier molecular flexibility index (Phi) is 15.2. The number of benzene rings is 5. The van der Waals surface area contributed by atoms with Gasteiger partial charge in [0.05, 0.1) is 34.0 Å². The third kappa shape index (κ3) is 11.0. The van der Waals surface area contributed by atoms with Gasteiger partial charge in [-0.05, 0) is 138 Å². The molecule has 0 spiro atoms. The number of hydrogen-bond acceptors (Lipinski definition) is 11. The van der Waals surface area contributed by atoms with Crippen molar-refractivity contribution in [3.63, 3.8) is 0 Å². The summed E-state index contributed by atoms with van der Waals surface area (Å²) in [5, 5.41) is 16.8. The number of piperazine rings is 1. The third-order valence-electron chi connectivity index (χ3n) is 12.6. The number of anilines is 4. The van der Waals surface area contributed by atoms with Crippen molar-refractivity contribution in [2.75, 3.05) is 91.8 Å². The van der Waals surface area contributed by atoms with Crippen molar-refractivity contribution < 1.29 is 26.8 Å². The summed E-state index contributed by atoms with van der Waals surface area (Å²) in [6.07, 6.45) is 1.96. The van der Waals surface area contributed by atoms with E-state index in [2.05, 4.69) is 20.0 Å². The van der Waals surface area contributed by atoms with Crippen LogP contribution in [0.1, 0.15) is 32.0 Å². The zero-order valence-corrected chi connectivity index (χ0v) is 42.9. The lowest BCUT2D eigenvalue weighted by Gasteiger charge is -2.37. The molecule has 69 heavy (non-hydrogen) atoms. The lowest BCUT2D eigenvalue weighted by Crippen LogP contribution is -2.46. The molecule has 18 heteroatoms. The Balaban J connectivity index is 0.987. The highest BCUT2D eigenvalue weighted by molar-refractivity contribution is 7.99. The summed E-state index contributed by atoms with van der Waals surface area (Å²) in [5.74, 6) is 0.225. The minimum absolute atomic E-state index is 0.0713. The summed E-state index contributed by atoms with van der Waals surface area (Å²) in [7, 11) is -3.47. The van der Waals surface area contributed by atoms with E-state index in [4.69, 9.17) is 16.1 Å². The van der Waals surface area contributed by atoms with Gasteiger partial charge in [-0.3, -0.25) is 19.3 Å². The molecule has 2 aliphatic rings. The van der Waals surface area contributed by atoms with E-state index in [0.29, 0.717) is 83.1 Å². The second-order valence-electron chi connectivity index (χ2n) is 18.1. The number of rotatable bonds is 17. The van der Waals surface area contributed by atoms with Crippen molar-refractivity contribution in [2.45, 2.75) is 49.1 Å². The SMILES string of the molecule is Cc1c(S(C)(=O)=O)c(-c2cc(F)cc(N3CCN(c4ccc(N5CCOP5(=O)c5ccc(NC(CCN(C)C)CSc6ccccc6)c([N+](=O)[O-])c5)cc4)CC3)c2)c(-c2ccc(Cl)cc2)n1C(C)C. The van der Waals surface area contributed by atoms with Crippen LogP contribution >= 0.6 is 30.9 Å². The topological polar surface area (TPSA) is 134 Å². The molecule has 5 aromatic carbocycles. The van der Waals surface area contributed by atoms with Crippen molar-refractivity contribution >= 4 is 74.5 Å². The predicted molar refractivity (Wildman–Crippen MR) is 281 cm³/mol.